The number of H-pyrrole nitrogens is 1. The maximum Gasteiger partial charge on any atom is 0.312 e. The number of rotatable bonds is 6. The van der Waals surface area contributed by atoms with Crippen molar-refractivity contribution in [1.29, 1.82) is 0 Å². The summed E-state index contributed by atoms with van der Waals surface area (Å²) in [7, 11) is 0. The van der Waals surface area contributed by atoms with Crippen LogP contribution in [-0.4, -0.2) is 28.2 Å². The van der Waals surface area contributed by atoms with Crippen molar-refractivity contribution < 1.29 is 9.59 Å². The van der Waals surface area contributed by atoms with Crippen LogP contribution in [0.3, 0.4) is 0 Å². The second kappa shape index (κ2) is 6.63. The van der Waals surface area contributed by atoms with Gasteiger partial charge in [0, 0.05) is 6.20 Å². The summed E-state index contributed by atoms with van der Waals surface area (Å²) >= 11 is 0. The van der Waals surface area contributed by atoms with Crippen molar-refractivity contribution in [2.24, 2.45) is 11.7 Å². The van der Waals surface area contributed by atoms with Crippen LogP contribution >= 0.6 is 0 Å². The van der Waals surface area contributed by atoms with Gasteiger partial charge in [0.25, 0.3) is 0 Å². The second-order valence-electron chi connectivity index (χ2n) is 4.49. The number of hydrogen-bond acceptors (Lipinski definition) is 3. The Labute approximate surface area is 106 Å². The SMILES string of the molecule is CC(C)CC(NC(N)=O)C(=O)NCc1ccn[nH]1. The van der Waals surface area contributed by atoms with Crippen LogP contribution in [0.15, 0.2) is 12.3 Å². The molecule has 0 radical (unpaired) electrons. The van der Waals surface area contributed by atoms with Crippen LogP contribution in [0.2, 0.25) is 0 Å². The Morgan fingerprint density at radius 1 is 1.50 bits per heavy atom. The first-order valence-corrected chi connectivity index (χ1v) is 5.81. The number of aromatic amines is 1. The topological polar surface area (TPSA) is 113 Å². The average Bonchev–Trinajstić information content (AvgIpc) is 2.76. The highest BCUT2D eigenvalue weighted by Crippen LogP contribution is 2.05. The summed E-state index contributed by atoms with van der Waals surface area (Å²) < 4.78 is 0. The van der Waals surface area contributed by atoms with Crippen molar-refractivity contribution in [3.05, 3.63) is 18.0 Å². The van der Waals surface area contributed by atoms with E-state index in [1.165, 1.54) is 0 Å². The number of primary amides is 1. The first-order chi connectivity index (χ1) is 8.49. The molecular weight excluding hydrogens is 234 g/mol. The van der Waals surface area contributed by atoms with E-state index in [1.54, 1.807) is 12.3 Å². The predicted octanol–water partition coefficient (Wildman–Crippen LogP) is 0.109. The monoisotopic (exact) mass is 253 g/mol. The molecule has 1 rings (SSSR count). The lowest BCUT2D eigenvalue weighted by Crippen LogP contribution is -2.49. The fourth-order valence-electron chi connectivity index (χ4n) is 1.56. The average molecular weight is 253 g/mol. The number of nitrogens with one attached hydrogen (secondary N) is 3. The van der Waals surface area contributed by atoms with Crippen molar-refractivity contribution in [1.82, 2.24) is 20.8 Å². The van der Waals surface area contributed by atoms with E-state index in [0.717, 1.165) is 5.69 Å². The molecule has 0 spiro atoms. The quantitative estimate of drug-likeness (QED) is 0.577. The Balaban J connectivity index is 2.50. The molecule has 0 bridgehead atoms. The lowest BCUT2D eigenvalue weighted by Gasteiger charge is -2.18. The molecule has 1 atom stereocenters. The van der Waals surface area contributed by atoms with E-state index in [-0.39, 0.29) is 11.8 Å². The number of amides is 3. The van der Waals surface area contributed by atoms with Crippen LogP contribution in [-0.2, 0) is 11.3 Å². The third-order valence-corrected chi connectivity index (χ3v) is 2.35. The molecule has 1 unspecified atom stereocenters. The Hall–Kier alpha value is -2.05. The number of aromatic nitrogens is 2. The molecule has 1 heterocycles. The number of hydrogen-bond donors (Lipinski definition) is 4. The zero-order valence-electron chi connectivity index (χ0n) is 10.6. The molecule has 1 aromatic rings. The molecule has 0 aliphatic carbocycles. The van der Waals surface area contributed by atoms with Crippen molar-refractivity contribution in [3.63, 3.8) is 0 Å². The summed E-state index contributed by atoms with van der Waals surface area (Å²) in [6.45, 7) is 4.28. The number of nitrogens with two attached hydrogens (primary N) is 1. The summed E-state index contributed by atoms with van der Waals surface area (Å²) in [5, 5.41) is 11.7. The van der Waals surface area contributed by atoms with E-state index in [4.69, 9.17) is 5.73 Å². The third-order valence-electron chi connectivity index (χ3n) is 2.35. The maximum atomic E-state index is 11.9. The molecule has 7 nitrogen and oxygen atoms in total. The van der Waals surface area contributed by atoms with Gasteiger partial charge in [0.15, 0.2) is 0 Å². The zero-order valence-corrected chi connectivity index (χ0v) is 10.6. The fourth-order valence-corrected chi connectivity index (χ4v) is 1.56. The number of nitrogens with zero attached hydrogens (tertiary/aromatic N) is 1. The highest BCUT2D eigenvalue weighted by atomic mass is 16.2. The summed E-state index contributed by atoms with van der Waals surface area (Å²) in [4.78, 5) is 22.7. The molecule has 0 saturated heterocycles. The van der Waals surface area contributed by atoms with Gasteiger partial charge in [-0.25, -0.2) is 4.79 Å². The zero-order chi connectivity index (χ0) is 13.5. The molecule has 18 heavy (non-hydrogen) atoms. The van der Waals surface area contributed by atoms with E-state index in [2.05, 4.69) is 20.8 Å². The minimum atomic E-state index is -0.697. The first-order valence-electron chi connectivity index (χ1n) is 5.81. The predicted molar refractivity (Wildman–Crippen MR) is 66.4 cm³/mol. The lowest BCUT2D eigenvalue weighted by atomic mass is 10.0. The summed E-state index contributed by atoms with van der Waals surface area (Å²) in [5.41, 5.74) is 5.85. The van der Waals surface area contributed by atoms with Gasteiger partial charge < -0.3 is 16.4 Å². The molecule has 5 N–H and O–H groups in total. The summed E-state index contributed by atoms with van der Waals surface area (Å²) in [5.74, 6) is 0.0249. The smallest absolute Gasteiger partial charge is 0.312 e. The van der Waals surface area contributed by atoms with Gasteiger partial charge >= 0.3 is 6.03 Å². The largest absolute Gasteiger partial charge is 0.352 e. The molecule has 0 fully saturated rings. The van der Waals surface area contributed by atoms with Crippen LogP contribution < -0.4 is 16.4 Å². The Bertz CT molecular complexity index is 388. The van der Waals surface area contributed by atoms with Crippen LogP contribution in [0.25, 0.3) is 0 Å². The maximum absolute atomic E-state index is 11.9. The molecule has 0 saturated carbocycles. The van der Waals surface area contributed by atoms with Crippen molar-refractivity contribution in [2.75, 3.05) is 0 Å². The molecule has 0 aliphatic heterocycles. The molecule has 0 aliphatic rings. The van der Waals surface area contributed by atoms with Gasteiger partial charge in [0.05, 0.1) is 12.2 Å². The van der Waals surface area contributed by atoms with E-state index in [0.29, 0.717) is 13.0 Å². The fraction of sp³-hybridized carbons (Fsp3) is 0.545. The van der Waals surface area contributed by atoms with E-state index < -0.39 is 12.1 Å². The Kier molecular flexibility index (Phi) is 5.16. The summed E-state index contributed by atoms with van der Waals surface area (Å²) in [6.07, 6.45) is 2.15. The van der Waals surface area contributed by atoms with Gasteiger partial charge in [-0.2, -0.15) is 5.10 Å². The number of carbonyl (C=O) groups is 2. The minimum absolute atomic E-state index is 0.253. The highest BCUT2D eigenvalue weighted by Gasteiger charge is 2.20. The molecule has 0 aromatic carbocycles. The third kappa shape index (κ3) is 4.86. The van der Waals surface area contributed by atoms with Crippen LogP contribution in [0, 0.1) is 5.92 Å². The van der Waals surface area contributed by atoms with Gasteiger partial charge in [0.2, 0.25) is 5.91 Å². The number of carbonyl (C=O) groups excluding carboxylic acids is 2. The van der Waals surface area contributed by atoms with Crippen molar-refractivity contribution in [3.8, 4) is 0 Å². The molecule has 7 heteroatoms. The van der Waals surface area contributed by atoms with Crippen molar-refractivity contribution >= 4 is 11.9 Å². The lowest BCUT2D eigenvalue weighted by molar-refractivity contribution is -0.123. The van der Waals surface area contributed by atoms with Gasteiger partial charge in [-0.1, -0.05) is 13.8 Å². The molecule has 3 amide bonds. The molecular formula is C11H19N5O2. The molecule has 100 valence electrons. The highest BCUT2D eigenvalue weighted by molar-refractivity contribution is 5.86. The van der Waals surface area contributed by atoms with E-state index >= 15 is 0 Å². The Morgan fingerprint density at radius 2 is 2.22 bits per heavy atom. The Morgan fingerprint density at radius 3 is 2.72 bits per heavy atom. The molecule has 1 aromatic heterocycles. The van der Waals surface area contributed by atoms with Gasteiger partial charge in [-0.05, 0) is 18.4 Å². The van der Waals surface area contributed by atoms with Crippen LogP contribution in [0.1, 0.15) is 26.0 Å². The normalized spacial score (nSPS) is 12.2. The van der Waals surface area contributed by atoms with Crippen molar-refractivity contribution in [2.45, 2.75) is 32.9 Å². The number of urea groups is 1. The van der Waals surface area contributed by atoms with Crippen LogP contribution in [0.5, 0.6) is 0 Å². The van der Waals surface area contributed by atoms with Gasteiger partial charge in [-0.3, -0.25) is 9.89 Å². The minimum Gasteiger partial charge on any atom is -0.352 e. The van der Waals surface area contributed by atoms with Gasteiger partial charge in [0.1, 0.15) is 6.04 Å². The van der Waals surface area contributed by atoms with E-state index in [9.17, 15) is 9.59 Å². The summed E-state index contributed by atoms with van der Waals surface area (Å²) in [6, 6.07) is 0.460. The standard InChI is InChI=1S/C11H19N5O2/c1-7(2)5-9(15-11(12)18)10(17)13-6-8-3-4-14-16-8/h3-4,7,9H,5-6H2,1-2H3,(H,13,17)(H,14,16)(H3,12,15,18). The first kappa shape index (κ1) is 14.0. The van der Waals surface area contributed by atoms with Gasteiger partial charge in [-0.15, -0.1) is 0 Å². The van der Waals surface area contributed by atoms with E-state index in [1.807, 2.05) is 13.8 Å². The van der Waals surface area contributed by atoms with Crippen LogP contribution in [0.4, 0.5) is 4.79 Å². The second-order valence-corrected chi connectivity index (χ2v) is 4.49.